The molecule has 5 heteroatoms. The molecule has 4 nitrogen and oxygen atoms in total. The number of likely N-dealkylation sites (tertiary alicyclic amines) is 1. The maximum absolute atomic E-state index is 12.2. The Morgan fingerprint density at radius 1 is 1.53 bits per heavy atom. The van der Waals surface area contributed by atoms with Gasteiger partial charge in [-0.2, -0.15) is 5.10 Å². The van der Waals surface area contributed by atoms with Crippen LogP contribution in [0.25, 0.3) is 0 Å². The molecule has 0 spiro atoms. The third-order valence-electron chi connectivity index (χ3n) is 3.62. The Labute approximate surface area is 116 Å². The fourth-order valence-electron chi connectivity index (χ4n) is 2.58. The molecule has 0 bridgehead atoms. The van der Waals surface area contributed by atoms with Gasteiger partial charge in [0.1, 0.15) is 0 Å². The summed E-state index contributed by atoms with van der Waals surface area (Å²) < 4.78 is 0. The quantitative estimate of drug-likeness (QED) is 0.934. The molecule has 1 atom stereocenters. The molecule has 100 valence electrons. The van der Waals surface area contributed by atoms with Crippen molar-refractivity contribution in [1.29, 1.82) is 0 Å². The van der Waals surface area contributed by atoms with Crippen LogP contribution in [-0.2, 0) is 11.2 Å². The van der Waals surface area contributed by atoms with Gasteiger partial charge in [0.05, 0.1) is 6.42 Å². The average Bonchev–Trinajstić information content (AvgIpc) is 3.08. The smallest absolute Gasteiger partial charge is 0.227 e. The zero-order valence-corrected chi connectivity index (χ0v) is 11.7. The lowest BCUT2D eigenvalue weighted by Crippen LogP contribution is -2.29. The lowest BCUT2D eigenvalue weighted by molar-refractivity contribution is -0.129. The topological polar surface area (TPSA) is 49.0 Å². The van der Waals surface area contributed by atoms with Crippen LogP contribution < -0.4 is 0 Å². The summed E-state index contributed by atoms with van der Waals surface area (Å²) in [6.45, 7) is 3.74. The summed E-state index contributed by atoms with van der Waals surface area (Å²) in [6, 6.07) is 6.13. The Kier molecular flexibility index (Phi) is 3.38. The number of hydrogen-bond donors (Lipinski definition) is 1. The van der Waals surface area contributed by atoms with Crippen LogP contribution in [0.2, 0.25) is 0 Å². The molecule has 2 aromatic rings. The fourth-order valence-corrected chi connectivity index (χ4v) is 3.46. The van der Waals surface area contributed by atoms with Crippen molar-refractivity contribution >= 4 is 17.2 Å². The van der Waals surface area contributed by atoms with Crippen molar-refractivity contribution in [3.63, 3.8) is 0 Å². The van der Waals surface area contributed by atoms with E-state index >= 15 is 0 Å². The highest BCUT2D eigenvalue weighted by Gasteiger charge is 2.28. The van der Waals surface area contributed by atoms with Gasteiger partial charge < -0.3 is 4.90 Å². The number of hydrogen-bond acceptors (Lipinski definition) is 3. The molecule has 0 saturated carbocycles. The maximum Gasteiger partial charge on any atom is 0.227 e. The Hall–Kier alpha value is -1.62. The first kappa shape index (κ1) is 12.4. The van der Waals surface area contributed by atoms with Crippen molar-refractivity contribution in [2.24, 2.45) is 0 Å². The van der Waals surface area contributed by atoms with Crippen molar-refractivity contribution in [3.8, 4) is 0 Å². The van der Waals surface area contributed by atoms with Crippen molar-refractivity contribution < 1.29 is 4.79 Å². The highest BCUT2D eigenvalue weighted by molar-refractivity contribution is 7.12. The van der Waals surface area contributed by atoms with Gasteiger partial charge in [0.2, 0.25) is 5.91 Å². The van der Waals surface area contributed by atoms with Gasteiger partial charge in [-0.3, -0.25) is 9.89 Å². The van der Waals surface area contributed by atoms with Gasteiger partial charge in [-0.1, -0.05) is 0 Å². The summed E-state index contributed by atoms with van der Waals surface area (Å²) >= 11 is 1.71. The lowest BCUT2D eigenvalue weighted by Gasteiger charge is -2.15. The number of nitrogens with zero attached hydrogens (tertiary/aromatic N) is 2. The Morgan fingerprint density at radius 2 is 2.42 bits per heavy atom. The van der Waals surface area contributed by atoms with E-state index in [4.69, 9.17) is 0 Å². The third-order valence-corrected chi connectivity index (χ3v) is 4.63. The number of aromatic nitrogens is 2. The molecule has 1 amide bonds. The summed E-state index contributed by atoms with van der Waals surface area (Å²) in [4.78, 5) is 16.6. The van der Waals surface area contributed by atoms with Crippen LogP contribution in [0.1, 0.15) is 27.8 Å². The highest BCUT2D eigenvalue weighted by atomic mass is 32.1. The SMILES string of the molecule is Cc1ccc(CC(=O)N2CC[C@H](c3ccn[nH]3)C2)s1. The van der Waals surface area contributed by atoms with Crippen molar-refractivity contribution in [3.05, 3.63) is 39.8 Å². The number of nitrogens with one attached hydrogen (secondary N) is 1. The Balaban J connectivity index is 1.60. The number of carbonyl (C=O) groups is 1. The molecule has 1 fully saturated rings. The molecule has 2 aromatic heterocycles. The monoisotopic (exact) mass is 275 g/mol. The molecule has 1 saturated heterocycles. The zero-order chi connectivity index (χ0) is 13.2. The number of rotatable bonds is 3. The fraction of sp³-hybridized carbons (Fsp3) is 0.429. The van der Waals surface area contributed by atoms with E-state index in [2.05, 4.69) is 29.3 Å². The van der Waals surface area contributed by atoms with Gasteiger partial charge in [0.15, 0.2) is 0 Å². The second-order valence-corrected chi connectivity index (χ2v) is 6.40. The van der Waals surface area contributed by atoms with E-state index in [1.54, 1.807) is 17.5 Å². The van der Waals surface area contributed by atoms with E-state index in [9.17, 15) is 4.79 Å². The summed E-state index contributed by atoms with van der Waals surface area (Å²) in [6.07, 6.45) is 3.33. The van der Waals surface area contributed by atoms with E-state index in [1.807, 2.05) is 11.0 Å². The molecule has 0 radical (unpaired) electrons. The van der Waals surface area contributed by atoms with Crippen LogP contribution >= 0.6 is 11.3 Å². The maximum atomic E-state index is 12.2. The van der Waals surface area contributed by atoms with E-state index in [0.29, 0.717) is 12.3 Å². The number of thiophene rings is 1. The Morgan fingerprint density at radius 3 is 3.11 bits per heavy atom. The minimum atomic E-state index is 0.240. The number of carbonyl (C=O) groups excluding carboxylic acids is 1. The largest absolute Gasteiger partial charge is 0.342 e. The first-order valence-electron chi connectivity index (χ1n) is 6.55. The molecule has 1 aliphatic rings. The normalized spacial score (nSPS) is 19.0. The standard InChI is InChI=1S/C14H17N3OS/c1-10-2-3-12(19-10)8-14(18)17-7-5-11(9-17)13-4-6-15-16-13/h2-4,6,11H,5,7-9H2,1H3,(H,15,16)/t11-/m0/s1. The summed E-state index contributed by atoms with van der Waals surface area (Å²) in [5, 5.41) is 6.99. The first-order chi connectivity index (χ1) is 9.22. The van der Waals surface area contributed by atoms with Gasteiger partial charge in [-0.25, -0.2) is 0 Å². The van der Waals surface area contributed by atoms with Crippen LogP contribution in [-0.4, -0.2) is 34.1 Å². The number of amides is 1. The Bertz CT molecular complexity index is 561. The van der Waals surface area contributed by atoms with Crippen molar-refractivity contribution in [2.75, 3.05) is 13.1 Å². The number of H-pyrrole nitrogens is 1. The van der Waals surface area contributed by atoms with Crippen LogP contribution in [0.4, 0.5) is 0 Å². The summed E-state index contributed by atoms with van der Waals surface area (Å²) in [5.74, 6) is 0.653. The number of aromatic amines is 1. The molecule has 3 heterocycles. The average molecular weight is 275 g/mol. The predicted octanol–water partition coefficient (Wildman–Crippen LogP) is 2.34. The molecule has 0 unspecified atom stereocenters. The molecular weight excluding hydrogens is 258 g/mol. The van der Waals surface area contributed by atoms with E-state index in [-0.39, 0.29) is 5.91 Å². The highest BCUT2D eigenvalue weighted by Crippen LogP contribution is 2.26. The predicted molar refractivity (Wildman–Crippen MR) is 75.3 cm³/mol. The lowest BCUT2D eigenvalue weighted by atomic mass is 10.1. The van der Waals surface area contributed by atoms with Crippen LogP contribution in [0, 0.1) is 6.92 Å². The summed E-state index contributed by atoms with van der Waals surface area (Å²) in [5.41, 5.74) is 1.14. The van der Waals surface area contributed by atoms with Crippen molar-refractivity contribution in [2.45, 2.75) is 25.7 Å². The minimum absolute atomic E-state index is 0.240. The van der Waals surface area contributed by atoms with E-state index in [0.717, 1.165) is 30.1 Å². The summed E-state index contributed by atoms with van der Waals surface area (Å²) in [7, 11) is 0. The van der Waals surface area contributed by atoms with Gasteiger partial charge in [-0.15, -0.1) is 11.3 Å². The van der Waals surface area contributed by atoms with Gasteiger partial charge in [0, 0.05) is 40.7 Å². The van der Waals surface area contributed by atoms with Crippen LogP contribution in [0.5, 0.6) is 0 Å². The van der Waals surface area contributed by atoms with Gasteiger partial charge in [0.25, 0.3) is 0 Å². The molecule has 1 aliphatic heterocycles. The molecule has 0 aromatic carbocycles. The first-order valence-corrected chi connectivity index (χ1v) is 7.36. The molecule has 3 rings (SSSR count). The zero-order valence-electron chi connectivity index (χ0n) is 10.9. The second-order valence-electron chi connectivity index (χ2n) is 5.03. The molecular formula is C14H17N3OS. The number of aryl methyl sites for hydroxylation is 1. The van der Waals surface area contributed by atoms with E-state index in [1.165, 1.54) is 4.88 Å². The van der Waals surface area contributed by atoms with Gasteiger partial charge in [-0.05, 0) is 31.5 Å². The molecule has 0 aliphatic carbocycles. The van der Waals surface area contributed by atoms with Crippen molar-refractivity contribution in [1.82, 2.24) is 15.1 Å². The minimum Gasteiger partial charge on any atom is -0.342 e. The van der Waals surface area contributed by atoms with E-state index < -0.39 is 0 Å². The third kappa shape index (κ3) is 2.71. The molecule has 19 heavy (non-hydrogen) atoms. The molecule has 1 N–H and O–H groups in total. The van der Waals surface area contributed by atoms with Gasteiger partial charge >= 0.3 is 0 Å². The van der Waals surface area contributed by atoms with Crippen LogP contribution in [0.15, 0.2) is 24.4 Å². The second kappa shape index (κ2) is 5.17. The van der Waals surface area contributed by atoms with Crippen LogP contribution in [0.3, 0.4) is 0 Å².